The van der Waals surface area contributed by atoms with E-state index in [1.807, 2.05) is 44.4 Å². The fourth-order valence-electron chi connectivity index (χ4n) is 7.21. The molecule has 3 aliphatic heterocycles. The minimum absolute atomic E-state index is 0.0520. The lowest BCUT2D eigenvalue weighted by molar-refractivity contribution is -0.121. The van der Waals surface area contributed by atoms with Crippen molar-refractivity contribution in [2.75, 3.05) is 50.5 Å². The molecule has 8 nitrogen and oxygen atoms in total. The highest BCUT2D eigenvalue weighted by Gasteiger charge is 2.51. The van der Waals surface area contributed by atoms with Gasteiger partial charge in [0.05, 0.1) is 17.2 Å². The average molecular weight is 579 g/mol. The lowest BCUT2D eigenvalue weighted by atomic mass is 9.74. The van der Waals surface area contributed by atoms with Gasteiger partial charge in [-0.15, -0.1) is 0 Å². The van der Waals surface area contributed by atoms with Gasteiger partial charge in [-0.2, -0.15) is 5.26 Å². The van der Waals surface area contributed by atoms with E-state index in [9.17, 15) is 15.2 Å². The molecule has 0 aliphatic carbocycles. The number of nitrogens with one attached hydrogen (secondary N) is 2. The van der Waals surface area contributed by atoms with E-state index in [2.05, 4.69) is 26.5 Å². The molecule has 2 fully saturated rings. The molecule has 4 aromatic rings. The second kappa shape index (κ2) is 10.5. The van der Waals surface area contributed by atoms with Crippen LogP contribution >= 0.6 is 0 Å². The van der Waals surface area contributed by atoms with Gasteiger partial charge in [-0.25, -0.2) is 9.37 Å². The highest BCUT2D eigenvalue weighted by molar-refractivity contribution is 6.15. The highest BCUT2D eigenvalue weighted by Crippen LogP contribution is 2.51. The van der Waals surface area contributed by atoms with Crippen LogP contribution in [0.1, 0.15) is 36.8 Å². The van der Waals surface area contributed by atoms with Gasteiger partial charge >= 0.3 is 0 Å². The van der Waals surface area contributed by atoms with Crippen LogP contribution < -0.4 is 15.5 Å². The molecule has 1 aromatic heterocycles. The van der Waals surface area contributed by atoms with Gasteiger partial charge in [0.2, 0.25) is 5.91 Å². The molecule has 7 rings (SSSR count). The molecular formula is C34H35FN6O2. The number of aryl methyl sites for hydroxylation is 1. The molecular weight excluding hydrogens is 543 g/mol. The molecule has 3 aromatic carbocycles. The number of aromatic hydroxyl groups is 1. The predicted molar refractivity (Wildman–Crippen MR) is 167 cm³/mol. The fourth-order valence-corrected chi connectivity index (χ4v) is 7.21. The molecule has 220 valence electrons. The lowest BCUT2D eigenvalue weighted by Crippen LogP contribution is -2.57. The summed E-state index contributed by atoms with van der Waals surface area (Å²) in [6, 6.07) is 15.5. The van der Waals surface area contributed by atoms with Crippen molar-refractivity contribution >= 4 is 39.1 Å². The molecule has 4 heterocycles. The average Bonchev–Trinajstić information content (AvgIpc) is 3.24. The standard InChI is InChI=1S/C34H35FN6O2/c1-40(2)22-17-41(18-22)32-31-28(34(33(43)39-31)11-7-13-37-19-34)26-15-21(9-5-6-12-36)27(29(35)30(26)38-32)25-16-23(42)14-20-8-3-4-10-24(20)25/h3-4,8,10,14-16,22,37,42H,5-7,9,11,13,17-19H2,1-2H3,(H,39,43). The van der Waals surface area contributed by atoms with Crippen LogP contribution in [0.3, 0.4) is 0 Å². The number of piperidine rings is 1. The molecule has 0 saturated carbocycles. The predicted octanol–water partition coefficient (Wildman–Crippen LogP) is 5.07. The third kappa shape index (κ3) is 4.31. The number of rotatable bonds is 6. The smallest absolute Gasteiger partial charge is 0.236 e. The first-order valence-electron chi connectivity index (χ1n) is 15.0. The van der Waals surface area contributed by atoms with Crippen molar-refractivity contribution in [3.63, 3.8) is 0 Å². The first-order valence-corrected chi connectivity index (χ1v) is 15.0. The number of likely N-dealkylation sites (N-methyl/N-ethyl adjacent to an activating group) is 1. The number of carbonyl (C=O) groups excluding carboxylic acids is 1. The Morgan fingerprint density at radius 2 is 2.02 bits per heavy atom. The molecule has 3 aliphatic rings. The van der Waals surface area contributed by atoms with Gasteiger partial charge in [-0.05, 0) is 86.4 Å². The number of phenols is 1. The summed E-state index contributed by atoms with van der Waals surface area (Å²) in [7, 11) is 4.09. The number of nitrogens with zero attached hydrogens (tertiary/aromatic N) is 4. The van der Waals surface area contributed by atoms with Crippen molar-refractivity contribution in [1.29, 1.82) is 5.26 Å². The minimum Gasteiger partial charge on any atom is -0.508 e. The Morgan fingerprint density at radius 1 is 1.21 bits per heavy atom. The van der Waals surface area contributed by atoms with Crippen LogP contribution in [0.4, 0.5) is 15.9 Å². The molecule has 0 radical (unpaired) electrons. The van der Waals surface area contributed by atoms with Crippen LogP contribution in [0.25, 0.3) is 32.8 Å². The van der Waals surface area contributed by atoms with Crippen LogP contribution in [0.5, 0.6) is 5.75 Å². The lowest BCUT2D eigenvalue weighted by Gasteiger charge is -2.44. The van der Waals surface area contributed by atoms with E-state index in [1.165, 1.54) is 0 Å². The zero-order valence-electron chi connectivity index (χ0n) is 24.5. The van der Waals surface area contributed by atoms with Gasteiger partial charge in [0.25, 0.3) is 0 Å². The van der Waals surface area contributed by atoms with E-state index < -0.39 is 11.2 Å². The summed E-state index contributed by atoms with van der Waals surface area (Å²) in [5.41, 5.74) is 2.65. The zero-order chi connectivity index (χ0) is 29.9. The number of hydrogen-bond acceptors (Lipinski definition) is 7. The number of anilines is 2. The summed E-state index contributed by atoms with van der Waals surface area (Å²) >= 11 is 0. The van der Waals surface area contributed by atoms with Crippen LogP contribution in [0.15, 0.2) is 42.5 Å². The summed E-state index contributed by atoms with van der Waals surface area (Å²) < 4.78 is 17.3. The number of hydrogen-bond donors (Lipinski definition) is 3. The molecule has 9 heteroatoms. The number of amides is 1. The Labute approximate surface area is 250 Å². The maximum Gasteiger partial charge on any atom is 0.236 e. The third-order valence-electron chi connectivity index (χ3n) is 9.56. The summed E-state index contributed by atoms with van der Waals surface area (Å²) in [6.07, 6.45) is 2.87. The number of aromatic nitrogens is 1. The highest BCUT2D eigenvalue weighted by atomic mass is 19.1. The maximum absolute atomic E-state index is 17.3. The normalized spacial score (nSPS) is 20.1. The van der Waals surface area contributed by atoms with Crippen molar-refractivity contribution < 1.29 is 14.3 Å². The molecule has 3 N–H and O–H groups in total. The largest absolute Gasteiger partial charge is 0.508 e. The third-order valence-corrected chi connectivity index (χ3v) is 9.56. The molecule has 1 spiro atoms. The van der Waals surface area contributed by atoms with Gasteiger partial charge in [0, 0.05) is 48.6 Å². The monoisotopic (exact) mass is 578 g/mol. The van der Waals surface area contributed by atoms with E-state index in [-0.39, 0.29) is 17.2 Å². The molecule has 0 bridgehead atoms. The van der Waals surface area contributed by atoms with E-state index >= 15 is 4.39 Å². The van der Waals surface area contributed by atoms with Crippen molar-refractivity contribution in [2.24, 2.45) is 0 Å². The second-order valence-electron chi connectivity index (χ2n) is 12.4. The van der Waals surface area contributed by atoms with Crippen LogP contribution in [0, 0.1) is 17.1 Å². The van der Waals surface area contributed by atoms with Crippen LogP contribution in [-0.4, -0.2) is 67.2 Å². The number of halogens is 1. The fraction of sp³-hybridized carbons (Fsp3) is 0.382. The van der Waals surface area contributed by atoms with Gasteiger partial charge in [-0.1, -0.05) is 24.3 Å². The van der Waals surface area contributed by atoms with Crippen LogP contribution in [0.2, 0.25) is 0 Å². The number of carbonyl (C=O) groups is 1. The van der Waals surface area contributed by atoms with Gasteiger partial charge in [0.15, 0.2) is 11.6 Å². The zero-order valence-corrected chi connectivity index (χ0v) is 24.5. The summed E-state index contributed by atoms with van der Waals surface area (Å²) in [5.74, 6) is 0.131. The summed E-state index contributed by atoms with van der Waals surface area (Å²) in [5, 5.41) is 28.9. The molecule has 1 unspecified atom stereocenters. The Bertz CT molecular complexity index is 1820. The van der Waals surface area contributed by atoms with Crippen molar-refractivity contribution in [1.82, 2.24) is 15.2 Å². The Morgan fingerprint density at radius 3 is 2.77 bits per heavy atom. The first kappa shape index (κ1) is 27.6. The van der Waals surface area contributed by atoms with E-state index in [0.717, 1.165) is 48.0 Å². The number of benzene rings is 3. The quantitative estimate of drug-likeness (QED) is 0.275. The van der Waals surface area contributed by atoms with E-state index in [0.29, 0.717) is 66.3 Å². The SMILES string of the molecule is CN(C)C1CN(c2nc3c(F)c(-c4cc(O)cc5ccccc45)c(CCCC#N)cc3c3c2NC(=O)C32CCCNC2)C1. The number of unbranched alkanes of at least 4 members (excludes halogenated alkanes) is 1. The Hall–Kier alpha value is -4.26. The number of phenolic OH excluding ortho intramolecular Hbond substituents is 1. The first-order chi connectivity index (χ1) is 20.8. The molecule has 2 saturated heterocycles. The molecule has 1 atom stereocenters. The molecule has 43 heavy (non-hydrogen) atoms. The van der Waals surface area contributed by atoms with E-state index in [4.69, 9.17) is 4.98 Å². The van der Waals surface area contributed by atoms with E-state index in [1.54, 1.807) is 12.1 Å². The minimum atomic E-state index is -0.815. The number of nitriles is 1. The van der Waals surface area contributed by atoms with Gasteiger partial charge in [-0.3, -0.25) is 4.79 Å². The van der Waals surface area contributed by atoms with Gasteiger partial charge < -0.3 is 25.5 Å². The second-order valence-corrected chi connectivity index (χ2v) is 12.4. The maximum atomic E-state index is 17.3. The summed E-state index contributed by atoms with van der Waals surface area (Å²) in [6.45, 7) is 2.78. The van der Waals surface area contributed by atoms with Gasteiger partial charge in [0.1, 0.15) is 11.3 Å². The topological polar surface area (TPSA) is 105 Å². The number of pyridine rings is 1. The summed E-state index contributed by atoms with van der Waals surface area (Å²) in [4.78, 5) is 23.1. The Kier molecular flexibility index (Phi) is 6.71. The van der Waals surface area contributed by atoms with Crippen molar-refractivity contribution in [2.45, 2.75) is 43.6 Å². The van der Waals surface area contributed by atoms with Crippen LogP contribution in [-0.2, 0) is 16.6 Å². The van der Waals surface area contributed by atoms with Crippen molar-refractivity contribution in [3.05, 3.63) is 59.4 Å². The molecule has 1 amide bonds. The Balaban J connectivity index is 1.53. The number of fused-ring (bicyclic) bond motifs is 5. The van der Waals surface area contributed by atoms with Crippen molar-refractivity contribution in [3.8, 4) is 22.9 Å².